The van der Waals surface area contributed by atoms with Crippen molar-refractivity contribution in [2.24, 2.45) is 11.7 Å². The van der Waals surface area contributed by atoms with Gasteiger partial charge in [0.15, 0.2) is 0 Å². The van der Waals surface area contributed by atoms with E-state index in [1.54, 1.807) is 0 Å². The number of amides is 2. The number of nitrogens with two attached hydrogens (primary N) is 1. The first kappa shape index (κ1) is 13.3. The van der Waals surface area contributed by atoms with Gasteiger partial charge in [-0.05, 0) is 12.8 Å². The Kier molecular flexibility index (Phi) is 3.85. The van der Waals surface area contributed by atoms with Crippen molar-refractivity contribution in [3.8, 4) is 0 Å². The van der Waals surface area contributed by atoms with Crippen LogP contribution in [0.15, 0.2) is 0 Å². The lowest BCUT2D eigenvalue weighted by Gasteiger charge is -2.38. The molecule has 2 fully saturated rings. The molecule has 2 N–H and O–H groups in total. The van der Waals surface area contributed by atoms with Crippen LogP contribution in [0.1, 0.15) is 26.2 Å². The van der Waals surface area contributed by atoms with Crippen LogP contribution in [0.25, 0.3) is 0 Å². The number of carbonyl (C=O) groups is 2. The first-order valence-corrected chi connectivity index (χ1v) is 6.83. The first-order valence-electron chi connectivity index (χ1n) is 6.42. The molecule has 0 saturated carbocycles. The number of rotatable bonds is 3. The molecule has 0 aromatic rings. The Labute approximate surface area is 112 Å². The van der Waals surface area contributed by atoms with Crippen LogP contribution in [0.4, 0.5) is 0 Å². The molecule has 5 nitrogen and oxygen atoms in total. The average molecular weight is 269 g/mol. The SMILES string of the molecule is CCC(C(=O)N1CCN2C(=O)CCC2C1)C(N)=S. The molecule has 2 unspecified atom stereocenters. The number of piperazine rings is 1. The smallest absolute Gasteiger partial charge is 0.232 e. The topological polar surface area (TPSA) is 66.6 Å². The minimum Gasteiger partial charge on any atom is -0.393 e. The highest BCUT2D eigenvalue weighted by molar-refractivity contribution is 7.80. The van der Waals surface area contributed by atoms with Crippen LogP contribution < -0.4 is 5.73 Å². The minimum absolute atomic E-state index is 0.0176. The van der Waals surface area contributed by atoms with Crippen LogP contribution in [0, 0.1) is 5.92 Å². The quantitative estimate of drug-likeness (QED) is 0.740. The van der Waals surface area contributed by atoms with Crippen LogP contribution in [0.3, 0.4) is 0 Å². The Hall–Kier alpha value is -1.17. The number of hydrogen-bond acceptors (Lipinski definition) is 3. The van der Waals surface area contributed by atoms with Gasteiger partial charge in [-0.15, -0.1) is 0 Å². The molecular weight excluding hydrogens is 250 g/mol. The number of hydrogen-bond donors (Lipinski definition) is 1. The van der Waals surface area contributed by atoms with Crippen molar-refractivity contribution in [3.05, 3.63) is 0 Å². The maximum atomic E-state index is 12.3. The second-order valence-corrected chi connectivity index (χ2v) is 5.40. The van der Waals surface area contributed by atoms with Gasteiger partial charge in [0.05, 0.1) is 10.9 Å². The fourth-order valence-electron chi connectivity index (χ4n) is 2.78. The van der Waals surface area contributed by atoms with Crippen LogP contribution >= 0.6 is 12.2 Å². The van der Waals surface area contributed by atoms with Crippen molar-refractivity contribution < 1.29 is 9.59 Å². The van der Waals surface area contributed by atoms with Gasteiger partial charge in [-0.3, -0.25) is 9.59 Å². The summed E-state index contributed by atoms with van der Waals surface area (Å²) in [5.41, 5.74) is 5.60. The molecule has 2 aliphatic heterocycles. The summed E-state index contributed by atoms with van der Waals surface area (Å²) in [4.78, 5) is 27.8. The van der Waals surface area contributed by atoms with Gasteiger partial charge in [0.1, 0.15) is 0 Å². The lowest BCUT2D eigenvalue weighted by molar-refractivity contribution is -0.140. The highest BCUT2D eigenvalue weighted by atomic mass is 32.1. The molecule has 0 aromatic carbocycles. The molecule has 0 bridgehead atoms. The fraction of sp³-hybridized carbons (Fsp3) is 0.750. The lowest BCUT2D eigenvalue weighted by Crippen LogP contribution is -2.55. The Morgan fingerprint density at radius 3 is 2.89 bits per heavy atom. The molecule has 0 aromatic heterocycles. The van der Waals surface area contributed by atoms with Crippen molar-refractivity contribution in [3.63, 3.8) is 0 Å². The minimum atomic E-state index is -0.358. The summed E-state index contributed by atoms with van der Waals surface area (Å²) < 4.78 is 0. The Bertz CT molecular complexity index is 386. The highest BCUT2D eigenvalue weighted by Gasteiger charge is 2.38. The molecule has 2 rings (SSSR count). The zero-order valence-corrected chi connectivity index (χ0v) is 11.4. The molecule has 18 heavy (non-hydrogen) atoms. The summed E-state index contributed by atoms with van der Waals surface area (Å²) in [6, 6.07) is 0.194. The number of thiocarbonyl (C=S) groups is 1. The lowest BCUT2D eigenvalue weighted by atomic mass is 10.0. The fourth-order valence-corrected chi connectivity index (χ4v) is 3.05. The maximum absolute atomic E-state index is 12.3. The van der Waals surface area contributed by atoms with E-state index < -0.39 is 0 Å². The van der Waals surface area contributed by atoms with Crippen LogP contribution in [-0.2, 0) is 9.59 Å². The standard InChI is InChI=1S/C12H19N3O2S/c1-2-9(11(13)18)12(17)14-5-6-15-8(7-14)3-4-10(15)16/h8-9H,2-7H2,1H3,(H2,13,18). The van der Waals surface area contributed by atoms with Crippen molar-refractivity contribution in [1.29, 1.82) is 0 Å². The summed E-state index contributed by atoms with van der Waals surface area (Å²) in [5.74, 6) is -0.124. The summed E-state index contributed by atoms with van der Waals surface area (Å²) in [6.07, 6.45) is 2.10. The van der Waals surface area contributed by atoms with E-state index in [0.717, 1.165) is 6.42 Å². The van der Waals surface area contributed by atoms with Crippen LogP contribution in [0.5, 0.6) is 0 Å². The number of carbonyl (C=O) groups excluding carboxylic acids is 2. The van der Waals surface area contributed by atoms with E-state index in [-0.39, 0.29) is 28.8 Å². The predicted octanol–water partition coefficient (Wildman–Crippen LogP) is 0.132. The molecule has 2 atom stereocenters. The van der Waals surface area contributed by atoms with E-state index in [1.807, 2.05) is 16.7 Å². The van der Waals surface area contributed by atoms with E-state index in [0.29, 0.717) is 32.5 Å². The third kappa shape index (κ3) is 2.34. The molecule has 2 amide bonds. The van der Waals surface area contributed by atoms with Gasteiger partial charge in [0, 0.05) is 32.1 Å². The van der Waals surface area contributed by atoms with Gasteiger partial charge in [-0.2, -0.15) is 0 Å². The molecule has 2 saturated heterocycles. The van der Waals surface area contributed by atoms with Crippen molar-refractivity contribution in [2.45, 2.75) is 32.2 Å². The average Bonchev–Trinajstić information content (AvgIpc) is 2.71. The summed E-state index contributed by atoms with van der Waals surface area (Å²) in [7, 11) is 0. The molecule has 100 valence electrons. The van der Waals surface area contributed by atoms with Crippen molar-refractivity contribution >= 4 is 29.0 Å². The highest BCUT2D eigenvalue weighted by Crippen LogP contribution is 2.24. The zero-order chi connectivity index (χ0) is 13.3. The van der Waals surface area contributed by atoms with Gasteiger partial charge >= 0.3 is 0 Å². The normalized spacial score (nSPS) is 24.9. The molecule has 6 heteroatoms. The third-order valence-electron chi connectivity index (χ3n) is 3.86. The van der Waals surface area contributed by atoms with E-state index in [2.05, 4.69) is 0 Å². The number of fused-ring (bicyclic) bond motifs is 1. The second-order valence-electron chi connectivity index (χ2n) is 4.93. The molecule has 2 heterocycles. The Balaban J connectivity index is 2.01. The van der Waals surface area contributed by atoms with Gasteiger partial charge < -0.3 is 15.5 Å². The largest absolute Gasteiger partial charge is 0.393 e. The van der Waals surface area contributed by atoms with Crippen molar-refractivity contribution in [1.82, 2.24) is 9.80 Å². The second kappa shape index (κ2) is 5.22. The predicted molar refractivity (Wildman–Crippen MR) is 71.9 cm³/mol. The van der Waals surface area contributed by atoms with Gasteiger partial charge in [0.2, 0.25) is 11.8 Å². The summed E-state index contributed by atoms with van der Waals surface area (Å²) in [5, 5.41) is 0. The Morgan fingerprint density at radius 1 is 1.56 bits per heavy atom. The first-order chi connectivity index (χ1) is 8.54. The Morgan fingerprint density at radius 2 is 2.28 bits per heavy atom. The van der Waals surface area contributed by atoms with E-state index in [4.69, 9.17) is 18.0 Å². The third-order valence-corrected chi connectivity index (χ3v) is 4.14. The summed E-state index contributed by atoms with van der Waals surface area (Å²) >= 11 is 4.94. The summed E-state index contributed by atoms with van der Waals surface area (Å²) in [6.45, 7) is 3.78. The van der Waals surface area contributed by atoms with Crippen molar-refractivity contribution in [2.75, 3.05) is 19.6 Å². The molecule has 2 aliphatic rings. The maximum Gasteiger partial charge on any atom is 0.232 e. The van der Waals surface area contributed by atoms with Gasteiger partial charge in [-0.1, -0.05) is 19.1 Å². The zero-order valence-electron chi connectivity index (χ0n) is 10.6. The van der Waals surface area contributed by atoms with E-state index in [1.165, 1.54) is 0 Å². The monoisotopic (exact) mass is 269 g/mol. The molecule has 0 aliphatic carbocycles. The van der Waals surface area contributed by atoms with Gasteiger partial charge in [-0.25, -0.2) is 0 Å². The molecule has 0 radical (unpaired) electrons. The number of nitrogens with zero attached hydrogens (tertiary/aromatic N) is 2. The van der Waals surface area contributed by atoms with Gasteiger partial charge in [0.25, 0.3) is 0 Å². The molecular formula is C12H19N3O2S. The van der Waals surface area contributed by atoms with Crippen LogP contribution in [0.2, 0.25) is 0 Å². The van der Waals surface area contributed by atoms with Crippen LogP contribution in [-0.4, -0.2) is 52.3 Å². The van der Waals surface area contributed by atoms with E-state index >= 15 is 0 Å². The van der Waals surface area contributed by atoms with E-state index in [9.17, 15) is 9.59 Å². The molecule has 0 spiro atoms.